The first-order chi connectivity index (χ1) is 7.33. The number of thiazole rings is 1. The maximum atomic E-state index is 4.25. The van der Waals surface area contributed by atoms with E-state index >= 15 is 0 Å². The van der Waals surface area contributed by atoms with Crippen LogP contribution in [0, 0.1) is 0 Å². The molecule has 2 nitrogen and oxygen atoms in total. The van der Waals surface area contributed by atoms with E-state index in [1.807, 2.05) is 23.3 Å². The van der Waals surface area contributed by atoms with Gasteiger partial charge in [0.05, 0.1) is 0 Å². The zero-order valence-electron chi connectivity index (χ0n) is 9.53. The molecule has 0 aliphatic rings. The predicted molar refractivity (Wildman–Crippen MR) is 69.8 cm³/mol. The largest absolute Gasteiger partial charge is 0.315 e. The molecular formula is C11H20N2S2. The number of nitrogens with zero attached hydrogens (tertiary/aromatic N) is 1. The molecular weight excluding hydrogens is 224 g/mol. The number of hydrogen-bond acceptors (Lipinski definition) is 4. The van der Waals surface area contributed by atoms with Crippen LogP contribution >= 0.6 is 23.1 Å². The van der Waals surface area contributed by atoms with Gasteiger partial charge >= 0.3 is 0 Å². The van der Waals surface area contributed by atoms with Gasteiger partial charge in [0.1, 0.15) is 4.34 Å². The molecule has 1 atom stereocenters. The lowest BCUT2D eigenvalue weighted by molar-refractivity contribution is 0.510. The number of hydrogen-bond donors (Lipinski definition) is 1. The van der Waals surface area contributed by atoms with Crippen molar-refractivity contribution in [3.05, 3.63) is 11.6 Å². The molecule has 1 unspecified atom stereocenters. The molecule has 0 aliphatic carbocycles. The molecule has 0 fully saturated rings. The summed E-state index contributed by atoms with van der Waals surface area (Å²) in [4.78, 5) is 4.25. The molecule has 0 saturated heterocycles. The average molecular weight is 244 g/mol. The number of aromatic nitrogens is 1. The molecule has 0 radical (unpaired) electrons. The van der Waals surface area contributed by atoms with Crippen LogP contribution < -0.4 is 5.32 Å². The molecule has 1 heterocycles. The van der Waals surface area contributed by atoms with Gasteiger partial charge in [0.15, 0.2) is 0 Å². The Hall–Kier alpha value is -0.0600. The fourth-order valence-corrected chi connectivity index (χ4v) is 3.15. The van der Waals surface area contributed by atoms with E-state index in [9.17, 15) is 0 Å². The van der Waals surface area contributed by atoms with Gasteiger partial charge in [-0.2, -0.15) is 0 Å². The lowest BCUT2D eigenvalue weighted by Crippen LogP contribution is -2.25. The zero-order chi connectivity index (χ0) is 10.9. The van der Waals surface area contributed by atoms with Crippen LogP contribution in [-0.2, 0) is 0 Å². The number of unbranched alkanes of at least 4 members (excludes halogenated alkanes) is 1. The van der Waals surface area contributed by atoms with E-state index < -0.39 is 0 Å². The van der Waals surface area contributed by atoms with Crippen LogP contribution in [0.2, 0.25) is 0 Å². The van der Waals surface area contributed by atoms with E-state index in [4.69, 9.17) is 0 Å². The quantitative estimate of drug-likeness (QED) is 0.560. The molecule has 1 rings (SSSR count). The van der Waals surface area contributed by atoms with Crippen molar-refractivity contribution < 1.29 is 0 Å². The Morgan fingerprint density at radius 1 is 1.53 bits per heavy atom. The van der Waals surface area contributed by atoms with Crippen LogP contribution in [0.4, 0.5) is 0 Å². The highest BCUT2D eigenvalue weighted by Gasteiger charge is 2.00. The van der Waals surface area contributed by atoms with Gasteiger partial charge in [0.2, 0.25) is 0 Å². The predicted octanol–water partition coefficient (Wildman–Crippen LogP) is 3.40. The third-order valence-electron chi connectivity index (χ3n) is 2.22. The van der Waals surface area contributed by atoms with Gasteiger partial charge in [0.25, 0.3) is 0 Å². The Morgan fingerprint density at radius 3 is 3.07 bits per heavy atom. The van der Waals surface area contributed by atoms with E-state index in [1.54, 1.807) is 11.3 Å². The van der Waals surface area contributed by atoms with Gasteiger partial charge in [-0.05, 0) is 26.3 Å². The first-order valence-corrected chi connectivity index (χ1v) is 7.45. The van der Waals surface area contributed by atoms with E-state index in [0.717, 1.165) is 6.54 Å². The Bertz CT molecular complexity index is 237. The fourth-order valence-electron chi connectivity index (χ4n) is 1.44. The molecule has 0 spiro atoms. The molecule has 0 amide bonds. The molecule has 86 valence electrons. The van der Waals surface area contributed by atoms with Gasteiger partial charge in [-0.25, -0.2) is 4.98 Å². The van der Waals surface area contributed by atoms with E-state index in [1.165, 1.54) is 29.4 Å². The van der Waals surface area contributed by atoms with Crippen molar-refractivity contribution in [2.45, 2.75) is 43.5 Å². The van der Waals surface area contributed by atoms with Crippen LogP contribution in [0.1, 0.15) is 33.1 Å². The second-order valence-electron chi connectivity index (χ2n) is 3.60. The highest BCUT2D eigenvalue weighted by Crippen LogP contribution is 2.21. The minimum Gasteiger partial charge on any atom is -0.315 e. The Balaban J connectivity index is 1.93. The summed E-state index contributed by atoms with van der Waals surface area (Å²) in [5.74, 6) is 1.20. The highest BCUT2D eigenvalue weighted by atomic mass is 32.2. The summed E-state index contributed by atoms with van der Waals surface area (Å²) in [5, 5.41) is 5.47. The highest BCUT2D eigenvalue weighted by molar-refractivity contribution is 8.00. The van der Waals surface area contributed by atoms with Gasteiger partial charge in [0, 0.05) is 23.4 Å². The number of nitrogens with one attached hydrogen (secondary N) is 1. The lowest BCUT2D eigenvalue weighted by atomic mass is 10.1. The standard InChI is InChI=1S/C11H20N2S2/c1-3-12-10(2)6-4-5-8-14-11-13-7-9-15-11/h7,9-10,12H,3-6,8H2,1-2H3. The van der Waals surface area contributed by atoms with Crippen molar-refractivity contribution in [2.24, 2.45) is 0 Å². The molecule has 4 heteroatoms. The summed E-state index contributed by atoms with van der Waals surface area (Å²) in [6, 6.07) is 0.667. The van der Waals surface area contributed by atoms with Crippen molar-refractivity contribution in [3.63, 3.8) is 0 Å². The first kappa shape index (κ1) is 13.0. The van der Waals surface area contributed by atoms with Crippen LogP contribution in [0.25, 0.3) is 0 Å². The molecule has 1 aromatic heterocycles. The zero-order valence-corrected chi connectivity index (χ0v) is 11.2. The Morgan fingerprint density at radius 2 is 2.40 bits per heavy atom. The van der Waals surface area contributed by atoms with Gasteiger partial charge in [-0.1, -0.05) is 25.1 Å². The molecule has 0 aromatic carbocycles. The van der Waals surface area contributed by atoms with Gasteiger partial charge in [-0.3, -0.25) is 0 Å². The molecule has 1 aromatic rings. The topological polar surface area (TPSA) is 24.9 Å². The Kier molecular flexibility index (Phi) is 7.05. The van der Waals surface area contributed by atoms with Crippen LogP contribution in [0.15, 0.2) is 15.9 Å². The minimum atomic E-state index is 0.667. The maximum Gasteiger partial charge on any atom is 0.149 e. The van der Waals surface area contributed by atoms with Crippen molar-refractivity contribution in [2.75, 3.05) is 12.3 Å². The SMILES string of the molecule is CCNC(C)CCCCSc1nccs1. The molecule has 1 N–H and O–H groups in total. The van der Waals surface area contributed by atoms with Crippen LogP contribution in [0.5, 0.6) is 0 Å². The summed E-state index contributed by atoms with van der Waals surface area (Å²) < 4.78 is 1.20. The number of rotatable bonds is 8. The van der Waals surface area contributed by atoms with Crippen LogP contribution in [-0.4, -0.2) is 23.3 Å². The van der Waals surface area contributed by atoms with Gasteiger partial charge < -0.3 is 5.32 Å². The molecule has 0 saturated carbocycles. The molecule has 0 aliphatic heterocycles. The third kappa shape index (κ3) is 6.17. The summed E-state index contributed by atoms with van der Waals surface area (Å²) in [7, 11) is 0. The van der Waals surface area contributed by atoms with E-state index in [0.29, 0.717) is 6.04 Å². The second-order valence-corrected chi connectivity index (χ2v) is 5.84. The average Bonchev–Trinajstić information content (AvgIpc) is 2.70. The maximum absolute atomic E-state index is 4.25. The molecule has 0 bridgehead atoms. The lowest BCUT2D eigenvalue weighted by Gasteiger charge is -2.11. The summed E-state index contributed by atoms with van der Waals surface area (Å²) in [6.07, 6.45) is 5.76. The second kappa shape index (κ2) is 8.13. The normalized spacial score (nSPS) is 12.9. The summed E-state index contributed by atoms with van der Waals surface area (Å²) >= 11 is 3.61. The summed E-state index contributed by atoms with van der Waals surface area (Å²) in [5.41, 5.74) is 0. The minimum absolute atomic E-state index is 0.667. The number of thioether (sulfide) groups is 1. The van der Waals surface area contributed by atoms with E-state index in [-0.39, 0.29) is 0 Å². The Labute approximate surface area is 101 Å². The van der Waals surface area contributed by atoms with Crippen molar-refractivity contribution in [1.82, 2.24) is 10.3 Å². The van der Waals surface area contributed by atoms with Crippen molar-refractivity contribution in [1.29, 1.82) is 0 Å². The molecule has 15 heavy (non-hydrogen) atoms. The van der Waals surface area contributed by atoms with Crippen molar-refractivity contribution >= 4 is 23.1 Å². The fraction of sp³-hybridized carbons (Fsp3) is 0.727. The third-order valence-corrected chi connectivity index (χ3v) is 4.27. The van der Waals surface area contributed by atoms with E-state index in [2.05, 4.69) is 24.1 Å². The first-order valence-electron chi connectivity index (χ1n) is 5.58. The summed E-state index contributed by atoms with van der Waals surface area (Å²) in [6.45, 7) is 5.50. The van der Waals surface area contributed by atoms with Crippen molar-refractivity contribution in [3.8, 4) is 0 Å². The van der Waals surface area contributed by atoms with Crippen LogP contribution in [0.3, 0.4) is 0 Å². The van der Waals surface area contributed by atoms with Gasteiger partial charge in [-0.15, -0.1) is 11.3 Å². The monoisotopic (exact) mass is 244 g/mol. The smallest absolute Gasteiger partial charge is 0.149 e.